The molecule has 0 amide bonds. The average Bonchev–Trinajstić information content (AvgIpc) is 2.96. The van der Waals surface area contributed by atoms with Gasteiger partial charge in [-0.25, -0.2) is 0 Å². The molecule has 0 fully saturated rings. The fourth-order valence-electron chi connectivity index (χ4n) is 2.24. The molecule has 0 saturated carbocycles. The van der Waals surface area contributed by atoms with Crippen LogP contribution in [-0.4, -0.2) is 8.75 Å². The molecule has 5 heteroatoms. The minimum atomic E-state index is 0.209. The van der Waals surface area contributed by atoms with Gasteiger partial charge in [0.2, 0.25) is 0 Å². The van der Waals surface area contributed by atoms with E-state index >= 15 is 0 Å². The maximum atomic E-state index is 6.32. The third kappa shape index (κ3) is 2.49. The summed E-state index contributed by atoms with van der Waals surface area (Å²) in [4.78, 5) is 0. The number of halogens is 1. The number of nitrogens with one attached hydrogen (secondary N) is 1. The van der Waals surface area contributed by atoms with Gasteiger partial charge in [0.25, 0.3) is 0 Å². The number of rotatable bonds is 4. The summed E-state index contributed by atoms with van der Waals surface area (Å²) < 4.78 is 8.60. The van der Waals surface area contributed by atoms with Gasteiger partial charge in [0.15, 0.2) is 0 Å². The molecule has 102 valence electrons. The Hall–Kier alpha value is -1.65. The van der Waals surface area contributed by atoms with Gasteiger partial charge >= 0.3 is 0 Å². The minimum absolute atomic E-state index is 0.209. The highest BCUT2D eigenvalue weighted by Gasteiger charge is 2.15. The first-order valence-electron chi connectivity index (χ1n) is 6.52. The van der Waals surface area contributed by atoms with Gasteiger partial charge in [0, 0.05) is 0 Å². The quantitative estimate of drug-likeness (QED) is 0.744. The lowest BCUT2D eigenvalue weighted by Gasteiger charge is -2.19. The molecular weight excluding hydrogens is 290 g/mol. The first-order valence-corrected chi connectivity index (χ1v) is 7.62. The molecule has 3 rings (SSSR count). The highest BCUT2D eigenvalue weighted by atomic mass is 35.5. The SMILES string of the molecule is CCC(Nc1c(Cl)ccc2nsnc12)c1ccccc1. The Labute approximate surface area is 126 Å². The highest BCUT2D eigenvalue weighted by molar-refractivity contribution is 7.00. The number of hydrogen-bond acceptors (Lipinski definition) is 4. The third-order valence-electron chi connectivity index (χ3n) is 3.31. The van der Waals surface area contributed by atoms with Crippen molar-refractivity contribution >= 4 is 40.0 Å². The van der Waals surface area contributed by atoms with Crippen LogP contribution in [0.3, 0.4) is 0 Å². The fourth-order valence-corrected chi connectivity index (χ4v) is 2.99. The summed E-state index contributed by atoms with van der Waals surface area (Å²) in [5, 5.41) is 4.19. The van der Waals surface area contributed by atoms with E-state index in [4.69, 9.17) is 11.6 Å². The molecule has 1 unspecified atom stereocenters. The Balaban J connectivity index is 1.99. The number of anilines is 1. The van der Waals surface area contributed by atoms with Crippen molar-refractivity contribution in [2.24, 2.45) is 0 Å². The van der Waals surface area contributed by atoms with Gasteiger partial charge < -0.3 is 5.32 Å². The van der Waals surface area contributed by atoms with Crippen molar-refractivity contribution < 1.29 is 0 Å². The molecule has 0 aliphatic carbocycles. The predicted molar refractivity (Wildman–Crippen MR) is 85.5 cm³/mol. The van der Waals surface area contributed by atoms with Crippen molar-refractivity contribution in [2.75, 3.05) is 5.32 Å². The van der Waals surface area contributed by atoms with E-state index in [1.807, 2.05) is 30.3 Å². The second-order valence-electron chi connectivity index (χ2n) is 4.57. The van der Waals surface area contributed by atoms with E-state index in [0.29, 0.717) is 5.02 Å². The lowest BCUT2D eigenvalue weighted by Crippen LogP contribution is -2.10. The summed E-state index contributed by atoms with van der Waals surface area (Å²) in [6, 6.07) is 14.3. The Morgan fingerprint density at radius 1 is 1.15 bits per heavy atom. The van der Waals surface area contributed by atoms with E-state index in [1.165, 1.54) is 17.3 Å². The number of nitrogens with zero attached hydrogens (tertiary/aromatic N) is 2. The van der Waals surface area contributed by atoms with Crippen LogP contribution in [0.25, 0.3) is 11.0 Å². The maximum Gasteiger partial charge on any atom is 0.129 e. The molecule has 0 spiro atoms. The Morgan fingerprint density at radius 2 is 1.95 bits per heavy atom. The summed E-state index contributed by atoms with van der Waals surface area (Å²) >= 11 is 7.53. The van der Waals surface area contributed by atoms with Crippen LogP contribution >= 0.6 is 23.3 Å². The molecule has 1 N–H and O–H groups in total. The van der Waals surface area contributed by atoms with E-state index < -0.39 is 0 Å². The van der Waals surface area contributed by atoms with Crippen LogP contribution in [-0.2, 0) is 0 Å². The maximum absolute atomic E-state index is 6.32. The minimum Gasteiger partial charge on any atom is -0.375 e. The molecular formula is C15H14ClN3S. The number of benzene rings is 2. The first-order chi connectivity index (χ1) is 9.79. The molecule has 1 aromatic heterocycles. The molecule has 3 aromatic rings. The molecule has 0 aliphatic rings. The summed E-state index contributed by atoms with van der Waals surface area (Å²) in [7, 11) is 0. The lowest BCUT2D eigenvalue weighted by molar-refractivity contribution is 0.750. The van der Waals surface area contributed by atoms with Crippen LogP contribution in [0.15, 0.2) is 42.5 Å². The predicted octanol–water partition coefficient (Wildman–Crippen LogP) is 4.91. The number of fused-ring (bicyclic) bond motifs is 1. The van der Waals surface area contributed by atoms with Crippen LogP contribution in [0.2, 0.25) is 5.02 Å². The molecule has 1 heterocycles. The topological polar surface area (TPSA) is 37.8 Å². The smallest absolute Gasteiger partial charge is 0.129 e. The van der Waals surface area contributed by atoms with Crippen LogP contribution in [0.4, 0.5) is 5.69 Å². The van der Waals surface area contributed by atoms with Crippen molar-refractivity contribution in [3.8, 4) is 0 Å². The van der Waals surface area contributed by atoms with E-state index in [1.54, 1.807) is 0 Å². The Kier molecular flexibility index (Phi) is 3.85. The van der Waals surface area contributed by atoms with E-state index in [9.17, 15) is 0 Å². The molecule has 3 nitrogen and oxygen atoms in total. The molecule has 0 saturated heterocycles. The largest absolute Gasteiger partial charge is 0.375 e. The molecule has 2 aromatic carbocycles. The average molecular weight is 304 g/mol. The normalized spacial score (nSPS) is 12.5. The summed E-state index contributed by atoms with van der Waals surface area (Å²) in [6.07, 6.45) is 0.967. The van der Waals surface area contributed by atoms with Gasteiger partial charge in [0.05, 0.1) is 28.5 Å². The first kappa shape index (κ1) is 13.3. The van der Waals surface area contributed by atoms with E-state index in [2.05, 4.69) is 33.1 Å². The molecule has 0 bridgehead atoms. The monoisotopic (exact) mass is 303 g/mol. The van der Waals surface area contributed by atoms with Crippen molar-refractivity contribution in [3.63, 3.8) is 0 Å². The molecule has 1 atom stereocenters. The number of aromatic nitrogens is 2. The fraction of sp³-hybridized carbons (Fsp3) is 0.200. The van der Waals surface area contributed by atoms with Crippen LogP contribution in [0.5, 0.6) is 0 Å². The van der Waals surface area contributed by atoms with E-state index in [0.717, 1.165) is 23.1 Å². The van der Waals surface area contributed by atoms with Gasteiger partial charge in [-0.3, -0.25) is 0 Å². The van der Waals surface area contributed by atoms with Crippen molar-refractivity contribution in [1.82, 2.24) is 8.75 Å². The molecule has 20 heavy (non-hydrogen) atoms. The third-order valence-corrected chi connectivity index (χ3v) is 4.16. The second kappa shape index (κ2) is 5.77. The van der Waals surface area contributed by atoms with Gasteiger partial charge in [-0.15, -0.1) is 0 Å². The van der Waals surface area contributed by atoms with Gasteiger partial charge in [-0.05, 0) is 24.1 Å². The molecule has 0 aliphatic heterocycles. The van der Waals surface area contributed by atoms with Crippen molar-refractivity contribution in [2.45, 2.75) is 19.4 Å². The Morgan fingerprint density at radius 3 is 2.70 bits per heavy atom. The summed E-state index contributed by atoms with van der Waals surface area (Å²) in [5.74, 6) is 0. The zero-order chi connectivity index (χ0) is 13.9. The van der Waals surface area contributed by atoms with Gasteiger partial charge in [-0.2, -0.15) is 8.75 Å². The zero-order valence-electron chi connectivity index (χ0n) is 11.0. The standard InChI is InChI=1S/C15H14ClN3S/c1-2-12(10-6-4-3-5-7-10)17-14-11(16)8-9-13-15(14)19-20-18-13/h3-9,12,17H,2H2,1H3. The van der Waals surface area contributed by atoms with Crippen LogP contribution in [0.1, 0.15) is 24.9 Å². The van der Waals surface area contributed by atoms with Crippen molar-refractivity contribution in [3.05, 3.63) is 53.1 Å². The van der Waals surface area contributed by atoms with Crippen LogP contribution < -0.4 is 5.32 Å². The van der Waals surface area contributed by atoms with Gasteiger partial charge in [0.1, 0.15) is 11.0 Å². The Bertz CT molecular complexity index is 711. The van der Waals surface area contributed by atoms with Crippen molar-refractivity contribution in [1.29, 1.82) is 0 Å². The van der Waals surface area contributed by atoms with Gasteiger partial charge in [-0.1, -0.05) is 48.9 Å². The van der Waals surface area contributed by atoms with E-state index in [-0.39, 0.29) is 6.04 Å². The second-order valence-corrected chi connectivity index (χ2v) is 5.51. The summed E-state index contributed by atoms with van der Waals surface area (Å²) in [6.45, 7) is 2.15. The summed E-state index contributed by atoms with van der Waals surface area (Å²) in [5.41, 5.74) is 3.83. The highest BCUT2D eigenvalue weighted by Crippen LogP contribution is 2.33. The lowest BCUT2D eigenvalue weighted by atomic mass is 10.0. The molecule has 0 radical (unpaired) electrons. The number of hydrogen-bond donors (Lipinski definition) is 1. The zero-order valence-corrected chi connectivity index (χ0v) is 12.6. The van der Waals surface area contributed by atoms with Crippen LogP contribution in [0, 0.1) is 0 Å².